The van der Waals surface area contributed by atoms with E-state index in [1.807, 2.05) is 6.07 Å². The van der Waals surface area contributed by atoms with E-state index >= 15 is 0 Å². The molecule has 1 aromatic rings. The summed E-state index contributed by atoms with van der Waals surface area (Å²) in [6, 6.07) is 1.87. The first-order valence-electron chi connectivity index (χ1n) is 4.63. The van der Waals surface area contributed by atoms with Crippen LogP contribution in [0, 0.1) is 5.92 Å². The van der Waals surface area contributed by atoms with Crippen molar-refractivity contribution in [1.82, 2.24) is 10.5 Å². The Balaban J connectivity index is 1.63. The molecule has 0 radical (unpaired) electrons. The first-order valence-corrected chi connectivity index (χ1v) is 4.63. The lowest BCUT2D eigenvalue weighted by atomic mass is 10.1. The SMILES string of the molecule is c1cc(CNCC2CCOC2)no1. The van der Waals surface area contributed by atoms with Gasteiger partial charge in [-0.25, -0.2) is 0 Å². The molecule has 1 atom stereocenters. The Labute approximate surface area is 77.2 Å². The number of aromatic nitrogens is 1. The minimum atomic E-state index is 0.673. The summed E-state index contributed by atoms with van der Waals surface area (Å²) in [5.41, 5.74) is 0.957. The van der Waals surface area contributed by atoms with E-state index < -0.39 is 0 Å². The van der Waals surface area contributed by atoms with Gasteiger partial charge >= 0.3 is 0 Å². The fraction of sp³-hybridized carbons (Fsp3) is 0.667. The highest BCUT2D eigenvalue weighted by molar-refractivity contribution is 4.94. The molecule has 0 aliphatic carbocycles. The van der Waals surface area contributed by atoms with Gasteiger partial charge < -0.3 is 14.6 Å². The molecule has 1 aromatic heterocycles. The van der Waals surface area contributed by atoms with E-state index in [9.17, 15) is 0 Å². The van der Waals surface area contributed by atoms with Crippen molar-refractivity contribution in [3.8, 4) is 0 Å². The smallest absolute Gasteiger partial charge is 0.124 e. The van der Waals surface area contributed by atoms with Crippen LogP contribution in [-0.4, -0.2) is 24.9 Å². The van der Waals surface area contributed by atoms with Gasteiger partial charge in [-0.3, -0.25) is 0 Å². The molecule has 0 amide bonds. The van der Waals surface area contributed by atoms with Gasteiger partial charge in [-0.15, -0.1) is 0 Å². The molecule has 1 unspecified atom stereocenters. The van der Waals surface area contributed by atoms with Crippen molar-refractivity contribution in [3.63, 3.8) is 0 Å². The van der Waals surface area contributed by atoms with Crippen LogP contribution in [0.3, 0.4) is 0 Å². The highest BCUT2D eigenvalue weighted by atomic mass is 16.5. The second-order valence-electron chi connectivity index (χ2n) is 3.35. The summed E-state index contributed by atoms with van der Waals surface area (Å²) >= 11 is 0. The van der Waals surface area contributed by atoms with Crippen LogP contribution in [0.4, 0.5) is 0 Å². The van der Waals surface area contributed by atoms with Crippen LogP contribution < -0.4 is 5.32 Å². The fourth-order valence-corrected chi connectivity index (χ4v) is 1.48. The molecule has 1 saturated heterocycles. The molecular formula is C9H14N2O2. The summed E-state index contributed by atoms with van der Waals surface area (Å²) in [5.74, 6) is 0.673. The third-order valence-corrected chi connectivity index (χ3v) is 2.25. The zero-order chi connectivity index (χ0) is 8.93. The maximum absolute atomic E-state index is 5.27. The molecular weight excluding hydrogens is 168 g/mol. The lowest BCUT2D eigenvalue weighted by Crippen LogP contribution is -2.22. The normalized spacial score (nSPS) is 22.3. The molecule has 0 spiro atoms. The summed E-state index contributed by atoms with van der Waals surface area (Å²) in [5, 5.41) is 7.14. The summed E-state index contributed by atoms with van der Waals surface area (Å²) in [6.07, 6.45) is 2.77. The van der Waals surface area contributed by atoms with Crippen molar-refractivity contribution in [1.29, 1.82) is 0 Å². The topological polar surface area (TPSA) is 47.3 Å². The maximum Gasteiger partial charge on any atom is 0.124 e. The van der Waals surface area contributed by atoms with Crippen molar-refractivity contribution in [2.24, 2.45) is 5.92 Å². The number of nitrogens with one attached hydrogen (secondary N) is 1. The lowest BCUT2D eigenvalue weighted by molar-refractivity contribution is 0.185. The minimum Gasteiger partial charge on any atom is -0.381 e. The zero-order valence-electron chi connectivity index (χ0n) is 7.53. The van der Waals surface area contributed by atoms with Crippen molar-refractivity contribution in [3.05, 3.63) is 18.0 Å². The van der Waals surface area contributed by atoms with Gasteiger partial charge in [0.1, 0.15) is 6.26 Å². The monoisotopic (exact) mass is 182 g/mol. The predicted octanol–water partition coefficient (Wildman–Crippen LogP) is 0.801. The van der Waals surface area contributed by atoms with E-state index in [4.69, 9.17) is 9.26 Å². The first kappa shape index (κ1) is 8.72. The molecule has 4 heteroatoms. The van der Waals surface area contributed by atoms with E-state index in [0.717, 1.165) is 32.0 Å². The molecule has 2 rings (SSSR count). The molecule has 4 nitrogen and oxygen atoms in total. The molecule has 1 aliphatic rings. The van der Waals surface area contributed by atoms with Gasteiger partial charge in [0.2, 0.25) is 0 Å². The van der Waals surface area contributed by atoms with Crippen molar-refractivity contribution in [2.75, 3.05) is 19.8 Å². The molecule has 1 aliphatic heterocycles. The third kappa shape index (κ3) is 2.54. The highest BCUT2D eigenvalue weighted by Crippen LogP contribution is 2.10. The molecule has 1 fully saturated rings. The minimum absolute atomic E-state index is 0.673. The quantitative estimate of drug-likeness (QED) is 0.748. The predicted molar refractivity (Wildman–Crippen MR) is 47.1 cm³/mol. The Hall–Kier alpha value is -0.870. The summed E-state index contributed by atoms with van der Waals surface area (Å²) in [7, 11) is 0. The molecule has 1 N–H and O–H groups in total. The van der Waals surface area contributed by atoms with Crippen LogP contribution in [0.1, 0.15) is 12.1 Å². The van der Waals surface area contributed by atoms with Gasteiger partial charge in [-0.1, -0.05) is 5.16 Å². The fourth-order valence-electron chi connectivity index (χ4n) is 1.48. The van der Waals surface area contributed by atoms with Crippen molar-refractivity contribution in [2.45, 2.75) is 13.0 Å². The second kappa shape index (κ2) is 4.39. The van der Waals surface area contributed by atoms with Crippen LogP contribution >= 0.6 is 0 Å². The van der Waals surface area contributed by atoms with E-state index in [1.54, 1.807) is 6.26 Å². The van der Waals surface area contributed by atoms with Gasteiger partial charge in [0.15, 0.2) is 0 Å². The van der Waals surface area contributed by atoms with E-state index in [1.165, 1.54) is 6.42 Å². The number of hydrogen-bond donors (Lipinski definition) is 1. The standard InChI is InChI=1S/C9H14N2O2/c1-3-12-7-8(1)5-10-6-9-2-4-13-11-9/h2,4,8,10H,1,3,5-7H2. The van der Waals surface area contributed by atoms with Gasteiger partial charge in [-0.05, 0) is 12.3 Å². The van der Waals surface area contributed by atoms with Gasteiger partial charge in [0, 0.05) is 25.8 Å². The van der Waals surface area contributed by atoms with Crippen LogP contribution in [0.2, 0.25) is 0 Å². The number of hydrogen-bond acceptors (Lipinski definition) is 4. The van der Waals surface area contributed by atoms with Crippen LogP contribution in [-0.2, 0) is 11.3 Å². The summed E-state index contributed by atoms with van der Waals surface area (Å²) in [4.78, 5) is 0. The Bertz CT molecular complexity index is 230. The first-order chi connectivity index (χ1) is 6.45. The molecule has 13 heavy (non-hydrogen) atoms. The number of ether oxygens (including phenoxy) is 1. The number of nitrogens with zero attached hydrogens (tertiary/aromatic N) is 1. The Kier molecular flexibility index (Phi) is 2.94. The zero-order valence-corrected chi connectivity index (χ0v) is 7.53. The Morgan fingerprint density at radius 2 is 2.62 bits per heavy atom. The third-order valence-electron chi connectivity index (χ3n) is 2.25. The maximum atomic E-state index is 5.27. The Morgan fingerprint density at radius 3 is 3.31 bits per heavy atom. The highest BCUT2D eigenvalue weighted by Gasteiger charge is 2.14. The van der Waals surface area contributed by atoms with Crippen LogP contribution in [0.15, 0.2) is 16.9 Å². The van der Waals surface area contributed by atoms with E-state index in [-0.39, 0.29) is 0 Å². The lowest BCUT2D eigenvalue weighted by Gasteiger charge is -2.07. The average Bonchev–Trinajstić information content (AvgIpc) is 2.75. The van der Waals surface area contributed by atoms with Crippen molar-refractivity contribution >= 4 is 0 Å². The van der Waals surface area contributed by atoms with Gasteiger partial charge in [0.25, 0.3) is 0 Å². The molecule has 0 aromatic carbocycles. The second-order valence-corrected chi connectivity index (χ2v) is 3.35. The van der Waals surface area contributed by atoms with Crippen molar-refractivity contribution < 1.29 is 9.26 Å². The van der Waals surface area contributed by atoms with E-state index in [0.29, 0.717) is 5.92 Å². The molecule has 0 bridgehead atoms. The van der Waals surface area contributed by atoms with Crippen LogP contribution in [0.25, 0.3) is 0 Å². The Morgan fingerprint density at radius 1 is 1.62 bits per heavy atom. The summed E-state index contributed by atoms with van der Waals surface area (Å²) in [6.45, 7) is 3.60. The molecule has 2 heterocycles. The van der Waals surface area contributed by atoms with Gasteiger partial charge in [-0.2, -0.15) is 0 Å². The molecule has 0 saturated carbocycles. The summed E-state index contributed by atoms with van der Waals surface area (Å²) < 4.78 is 9.99. The van der Waals surface area contributed by atoms with Gasteiger partial charge in [0.05, 0.1) is 12.3 Å². The average molecular weight is 182 g/mol. The van der Waals surface area contributed by atoms with E-state index in [2.05, 4.69) is 10.5 Å². The largest absolute Gasteiger partial charge is 0.381 e. The van der Waals surface area contributed by atoms with Crippen LogP contribution in [0.5, 0.6) is 0 Å². The molecule has 72 valence electrons. The number of rotatable bonds is 4.